The predicted octanol–water partition coefficient (Wildman–Crippen LogP) is 3.84. The van der Waals surface area contributed by atoms with Crippen LogP contribution in [0, 0.1) is 24.4 Å². The number of hydrogen-bond donors (Lipinski definition) is 1. The van der Waals surface area contributed by atoms with Crippen molar-refractivity contribution in [3.05, 3.63) is 58.9 Å². The molecule has 0 bridgehead atoms. The molecule has 0 aliphatic rings. The molecule has 0 aromatic heterocycles. The Balaban J connectivity index is 2.44. The second-order valence-electron chi connectivity index (χ2n) is 4.12. The van der Waals surface area contributed by atoms with Gasteiger partial charge in [0.15, 0.2) is 29.0 Å². The standard InChI is InChI=1S/C14H10F3NOS/c1-7-3-2-4-11(12(7)17)19-13-9(15)5-8(14(18)20)6-10(13)16/h2-6H,1H3,(H2,18,20). The largest absolute Gasteiger partial charge is 0.448 e. The lowest BCUT2D eigenvalue weighted by Crippen LogP contribution is -2.10. The number of aryl methyl sites for hydroxylation is 1. The van der Waals surface area contributed by atoms with Gasteiger partial charge in [-0.15, -0.1) is 0 Å². The van der Waals surface area contributed by atoms with Crippen LogP contribution in [0.1, 0.15) is 11.1 Å². The molecule has 0 amide bonds. The van der Waals surface area contributed by atoms with E-state index in [0.29, 0.717) is 5.56 Å². The van der Waals surface area contributed by atoms with Crippen molar-refractivity contribution >= 4 is 17.2 Å². The molecule has 104 valence electrons. The first kappa shape index (κ1) is 14.3. The van der Waals surface area contributed by atoms with Gasteiger partial charge in [0.1, 0.15) is 4.99 Å². The quantitative estimate of drug-likeness (QED) is 0.874. The minimum Gasteiger partial charge on any atom is -0.448 e. The Morgan fingerprint density at radius 2 is 1.75 bits per heavy atom. The first-order chi connectivity index (χ1) is 9.40. The van der Waals surface area contributed by atoms with Gasteiger partial charge >= 0.3 is 0 Å². The molecule has 0 saturated carbocycles. The SMILES string of the molecule is Cc1cccc(Oc2c(F)cc(C(N)=S)cc2F)c1F. The van der Waals surface area contributed by atoms with E-state index in [1.165, 1.54) is 25.1 Å². The summed E-state index contributed by atoms with van der Waals surface area (Å²) < 4.78 is 46.3. The summed E-state index contributed by atoms with van der Waals surface area (Å²) in [7, 11) is 0. The summed E-state index contributed by atoms with van der Waals surface area (Å²) in [6.07, 6.45) is 0. The summed E-state index contributed by atoms with van der Waals surface area (Å²) in [5, 5.41) is 0. The van der Waals surface area contributed by atoms with E-state index in [4.69, 9.17) is 10.5 Å². The fourth-order valence-electron chi connectivity index (χ4n) is 1.61. The van der Waals surface area contributed by atoms with Crippen LogP contribution in [0.5, 0.6) is 11.5 Å². The van der Waals surface area contributed by atoms with Gasteiger partial charge in [-0.2, -0.15) is 0 Å². The third kappa shape index (κ3) is 2.75. The minimum absolute atomic E-state index is 0.0343. The van der Waals surface area contributed by atoms with Gasteiger partial charge < -0.3 is 10.5 Å². The van der Waals surface area contributed by atoms with E-state index in [0.717, 1.165) is 12.1 Å². The molecule has 2 rings (SSSR count). The normalized spacial score (nSPS) is 10.4. The Morgan fingerprint density at radius 1 is 1.15 bits per heavy atom. The van der Waals surface area contributed by atoms with Crippen molar-refractivity contribution in [2.45, 2.75) is 6.92 Å². The first-order valence-electron chi connectivity index (χ1n) is 5.62. The van der Waals surface area contributed by atoms with Crippen LogP contribution in [-0.4, -0.2) is 4.99 Å². The van der Waals surface area contributed by atoms with E-state index in [2.05, 4.69) is 12.2 Å². The maximum Gasteiger partial charge on any atom is 0.198 e. The van der Waals surface area contributed by atoms with Gasteiger partial charge in [0.25, 0.3) is 0 Å². The van der Waals surface area contributed by atoms with Crippen LogP contribution in [0.3, 0.4) is 0 Å². The Hall–Kier alpha value is -2.08. The highest BCUT2D eigenvalue weighted by Crippen LogP contribution is 2.31. The number of hydrogen-bond acceptors (Lipinski definition) is 2. The summed E-state index contributed by atoms with van der Waals surface area (Å²) >= 11 is 4.64. The van der Waals surface area contributed by atoms with Gasteiger partial charge in [0, 0.05) is 5.56 Å². The molecule has 0 radical (unpaired) electrons. The highest BCUT2D eigenvalue weighted by molar-refractivity contribution is 7.80. The Kier molecular flexibility index (Phi) is 3.94. The molecule has 0 atom stereocenters. The average molecular weight is 297 g/mol. The van der Waals surface area contributed by atoms with E-state index in [-0.39, 0.29) is 16.3 Å². The van der Waals surface area contributed by atoms with Crippen LogP contribution in [0.2, 0.25) is 0 Å². The maximum absolute atomic E-state index is 13.8. The molecule has 20 heavy (non-hydrogen) atoms. The summed E-state index contributed by atoms with van der Waals surface area (Å²) in [5.41, 5.74) is 5.64. The fourth-order valence-corrected chi connectivity index (χ4v) is 1.73. The first-order valence-corrected chi connectivity index (χ1v) is 6.02. The van der Waals surface area contributed by atoms with Crippen molar-refractivity contribution in [2.24, 2.45) is 5.73 Å². The van der Waals surface area contributed by atoms with Crippen molar-refractivity contribution in [1.29, 1.82) is 0 Å². The van der Waals surface area contributed by atoms with E-state index >= 15 is 0 Å². The molecule has 2 aromatic carbocycles. The Bertz CT molecular complexity index is 665. The van der Waals surface area contributed by atoms with Crippen LogP contribution >= 0.6 is 12.2 Å². The second-order valence-corrected chi connectivity index (χ2v) is 4.56. The second kappa shape index (κ2) is 5.50. The van der Waals surface area contributed by atoms with E-state index in [1.807, 2.05) is 0 Å². The zero-order chi connectivity index (χ0) is 14.9. The average Bonchev–Trinajstić information content (AvgIpc) is 2.38. The zero-order valence-corrected chi connectivity index (χ0v) is 11.2. The number of ether oxygens (including phenoxy) is 1. The monoisotopic (exact) mass is 297 g/mol. The third-order valence-electron chi connectivity index (χ3n) is 2.65. The van der Waals surface area contributed by atoms with Gasteiger partial charge in [0.05, 0.1) is 0 Å². The molecule has 2 nitrogen and oxygen atoms in total. The van der Waals surface area contributed by atoms with Crippen LogP contribution in [0.15, 0.2) is 30.3 Å². The smallest absolute Gasteiger partial charge is 0.198 e. The summed E-state index contributed by atoms with van der Waals surface area (Å²) in [6, 6.07) is 6.20. The number of nitrogens with two attached hydrogens (primary N) is 1. The van der Waals surface area contributed by atoms with Crippen LogP contribution in [0.25, 0.3) is 0 Å². The highest BCUT2D eigenvalue weighted by atomic mass is 32.1. The van der Waals surface area contributed by atoms with Crippen molar-refractivity contribution < 1.29 is 17.9 Å². The van der Waals surface area contributed by atoms with Gasteiger partial charge in [0.2, 0.25) is 0 Å². The van der Waals surface area contributed by atoms with E-state index in [1.54, 1.807) is 0 Å². The molecule has 0 fully saturated rings. The molecule has 0 aliphatic carbocycles. The van der Waals surface area contributed by atoms with Crippen LogP contribution in [-0.2, 0) is 0 Å². The van der Waals surface area contributed by atoms with Crippen LogP contribution < -0.4 is 10.5 Å². The number of halogens is 3. The molecule has 6 heteroatoms. The maximum atomic E-state index is 13.8. The molecular weight excluding hydrogens is 287 g/mol. The van der Waals surface area contributed by atoms with E-state index < -0.39 is 23.2 Å². The topological polar surface area (TPSA) is 35.2 Å². The summed E-state index contributed by atoms with van der Waals surface area (Å²) in [6.45, 7) is 1.52. The molecule has 2 N–H and O–H groups in total. The van der Waals surface area contributed by atoms with Gasteiger partial charge in [-0.3, -0.25) is 0 Å². The van der Waals surface area contributed by atoms with Crippen molar-refractivity contribution in [2.75, 3.05) is 0 Å². The molecular formula is C14H10F3NOS. The van der Waals surface area contributed by atoms with Crippen LogP contribution in [0.4, 0.5) is 13.2 Å². The van der Waals surface area contributed by atoms with Crippen molar-refractivity contribution in [3.8, 4) is 11.5 Å². The summed E-state index contributed by atoms with van der Waals surface area (Å²) in [4.78, 5) is -0.143. The molecule has 2 aromatic rings. The minimum atomic E-state index is -1.01. The molecule has 0 unspecified atom stereocenters. The highest BCUT2D eigenvalue weighted by Gasteiger charge is 2.17. The molecule has 0 spiro atoms. The zero-order valence-electron chi connectivity index (χ0n) is 10.4. The molecule has 0 aliphatic heterocycles. The Morgan fingerprint density at radius 3 is 2.30 bits per heavy atom. The summed E-state index contributed by atoms with van der Waals surface area (Å²) in [5.74, 6) is -3.65. The predicted molar refractivity (Wildman–Crippen MR) is 73.5 cm³/mol. The number of rotatable bonds is 3. The lowest BCUT2D eigenvalue weighted by atomic mass is 10.2. The number of benzene rings is 2. The number of thiocarbonyl (C=S) groups is 1. The molecule has 0 heterocycles. The third-order valence-corrected chi connectivity index (χ3v) is 2.89. The van der Waals surface area contributed by atoms with Gasteiger partial charge in [-0.25, -0.2) is 13.2 Å². The fraction of sp³-hybridized carbons (Fsp3) is 0.0714. The lowest BCUT2D eigenvalue weighted by Gasteiger charge is -2.11. The van der Waals surface area contributed by atoms with Gasteiger partial charge in [-0.05, 0) is 30.7 Å². The van der Waals surface area contributed by atoms with Crippen molar-refractivity contribution in [3.63, 3.8) is 0 Å². The lowest BCUT2D eigenvalue weighted by molar-refractivity contribution is 0.386. The van der Waals surface area contributed by atoms with Crippen molar-refractivity contribution in [1.82, 2.24) is 0 Å². The van der Waals surface area contributed by atoms with Gasteiger partial charge in [-0.1, -0.05) is 24.4 Å². The Labute approximate surface area is 119 Å². The molecule has 0 saturated heterocycles. The van der Waals surface area contributed by atoms with E-state index in [9.17, 15) is 13.2 Å².